The van der Waals surface area contributed by atoms with Crippen LogP contribution in [0.25, 0.3) is 11.1 Å². The number of amides is 2. The summed E-state index contributed by atoms with van der Waals surface area (Å²) in [5.41, 5.74) is 4.33. The van der Waals surface area contributed by atoms with Gasteiger partial charge in [0, 0.05) is 18.0 Å². The molecule has 0 aromatic heterocycles. The van der Waals surface area contributed by atoms with Crippen molar-refractivity contribution in [2.24, 2.45) is 0 Å². The molecule has 2 N–H and O–H groups in total. The summed E-state index contributed by atoms with van der Waals surface area (Å²) in [4.78, 5) is 24.4. The number of carbonyl (C=O) groups excluding carboxylic acids is 2. The van der Waals surface area contributed by atoms with E-state index in [1.807, 2.05) is 45.0 Å². The van der Waals surface area contributed by atoms with Crippen LogP contribution in [0.2, 0.25) is 0 Å². The molecular formula is C26H32N2O4. The fraction of sp³-hybridized carbons (Fsp3) is 0.462. The second-order valence-corrected chi connectivity index (χ2v) is 9.66. The number of hydrogen-bond donors (Lipinski definition) is 2. The molecule has 1 fully saturated rings. The minimum Gasteiger partial charge on any atom is -0.449 e. The number of ether oxygens (including phenoxy) is 2. The van der Waals surface area contributed by atoms with E-state index < -0.39 is 5.60 Å². The van der Waals surface area contributed by atoms with Crippen LogP contribution in [0.5, 0.6) is 0 Å². The van der Waals surface area contributed by atoms with Crippen molar-refractivity contribution in [2.45, 2.75) is 70.1 Å². The number of fused-ring (bicyclic) bond motifs is 3. The first-order valence-electron chi connectivity index (χ1n) is 11.4. The summed E-state index contributed by atoms with van der Waals surface area (Å²) in [5.74, 6) is 0.0573. The van der Waals surface area contributed by atoms with E-state index in [4.69, 9.17) is 9.47 Å². The quantitative estimate of drug-likeness (QED) is 0.676. The van der Waals surface area contributed by atoms with Gasteiger partial charge in [-0.2, -0.15) is 0 Å². The Morgan fingerprint density at radius 1 is 0.812 bits per heavy atom. The SMILES string of the molecule is CC(C)(C)OC(=O)N[C@H]1CC[C@@H](NC(=O)OCC2c3ccccc3-c3ccccc32)CC1. The van der Waals surface area contributed by atoms with E-state index in [1.165, 1.54) is 22.3 Å². The molecular weight excluding hydrogens is 404 g/mol. The molecule has 0 atom stereocenters. The van der Waals surface area contributed by atoms with Gasteiger partial charge >= 0.3 is 12.2 Å². The zero-order valence-corrected chi connectivity index (χ0v) is 19.0. The first-order valence-corrected chi connectivity index (χ1v) is 11.4. The molecule has 0 saturated heterocycles. The molecule has 32 heavy (non-hydrogen) atoms. The van der Waals surface area contributed by atoms with Gasteiger partial charge in [-0.1, -0.05) is 48.5 Å². The number of rotatable bonds is 4. The van der Waals surface area contributed by atoms with Crippen LogP contribution in [0, 0.1) is 0 Å². The van der Waals surface area contributed by atoms with Crippen molar-refractivity contribution in [1.29, 1.82) is 0 Å². The lowest BCUT2D eigenvalue weighted by atomic mass is 9.91. The van der Waals surface area contributed by atoms with Crippen molar-refractivity contribution in [1.82, 2.24) is 10.6 Å². The van der Waals surface area contributed by atoms with Crippen molar-refractivity contribution < 1.29 is 19.1 Å². The van der Waals surface area contributed by atoms with E-state index in [-0.39, 0.29) is 30.2 Å². The van der Waals surface area contributed by atoms with Gasteiger partial charge in [0.25, 0.3) is 0 Å². The molecule has 2 amide bonds. The lowest BCUT2D eigenvalue weighted by Gasteiger charge is -2.30. The Kier molecular flexibility index (Phi) is 6.40. The van der Waals surface area contributed by atoms with Gasteiger partial charge in [0.1, 0.15) is 12.2 Å². The van der Waals surface area contributed by atoms with Crippen molar-refractivity contribution >= 4 is 12.2 Å². The van der Waals surface area contributed by atoms with Gasteiger partial charge in [-0.15, -0.1) is 0 Å². The molecule has 2 aliphatic carbocycles. The molecule has 0 bridgehead atoms. The predicted molar refractivity (Wildman–Crippen MR) is 124 cm³/mol. The molecule has 0 radical (unpaired) electrons. The third-order valence-corrected chi connectivity index (χ3v) is 6.11. The highest BCUT2D eigenvalue weighted by Crippen LogP contribution is 2.44. The molecule has 170 valence electrons. The summed E-state index contributed by atoms with van der Waals surface area (Å²) in [6.45, 7) is 5.86. The summed E-state index contributed by atoms with van der Waals surface area (Å²) >= 11 is 0. The van der Waals surface area contributed by atoms with Crippen LogP contribution in [0.1, 0.15) is 63.5 Å². The highest BCUT2D eigenvalue weighted by atomic mass is 16.6. The number of benzene rings is 2. The fourth-order valence-corrected chi connectivity index (χ4v) is 4.66. The maximum Gasteiger partial charge on any atom is 0.407 e. The highest BCUT2D eigenvalue weighted by molar-refractivity contribution is 5.79. The van der Waals surface area contributed by atoms with E-state index in [2.05, 4.69) is 34.9 Å². The van der Waals surface area contributed by atoms with E-state index in [9.17, 15) is 9.59 Å². The van der Waals surface area contributed by atoms with Crippen LogP contribution in [-0.2, 0) is 9.47 Å². The number of hydrogen-bond acceptors (Lipinski definition) is 4. The third-order valence-electron chi connectivity index (χ3n) is 6.11. The largest absolute Gasteiger partial charge is 0.449 e. The summed E-state index contributed by atoms with van der Waals surface area (Å²) < 4.78 is 11.0. The average molecular weight is 437 g/mol. The smallest absolute Gasteiger partial charge is 0.407 e. The standard InChI is InChI=1S/C26H32N2O4/c1-26(2,3)32-25(30)28-18-14-12-17(13-15-18)27-24(29)31-16-23-21-10-6-4-8-19(21)20-9-5-7-11-22(20)23/h4-11,17-18,23H,12-16H2,1-3H3,(H,27,29)(H,28,30)/t17-,18+. The Labute approximate surface area is 189 Å². The summed E-state index contributed by atoms with van der Waals surface area (Å²) in [6.07, 6.45) is 2.43. The average Bonchev–Trinajstić information content (AvgIpc) is 3.06. The van der Waals surface area contributed by atoms with Gasteiger partial charge in [-0.3, -0.25) is 0 Å². The van der Waals surface area contributed by atoms with Gasteiger partial charge < -0.3 is 20.1 Å². The van der Waals surface area contributed by atoms with Crippen molar-refractivity contribution in [3.05, 3.63) is 59.7 Å². The third kappa shape index (κ3) is 5.23. The lowest BCUT2D eigenvalue weighted by molar-refractivity contribution is 0.0488. The van der Waals surface area contributed by atoms with Crippen LogP contribution in [0.3, 0.4) is 0 Å². The Morgan fingerprint density at radius 2 is 1.28 bits per heavy atom. The first kappa shape index (κ1) is 22.2. The van der Waals surface area contributed by atoms with Gasteiger partial charge in [0.15, 0.2) is 0 Å². The second kappa shape index (κ2) is 9.23. The zero-order valence-electron chi connectivity index (χ0n) is 19.0. The molecule has 1 saturated carbocycles. The first-order chi connectivity index (χ1) is 15.3. The Hall–Kier alpha value is -3.02. The maximum absolute atomic E-state index is 12.5. The molecule has 6 nitrogen and oxygen atoms in total. The van der Waals surface area contributed by atoms with Crippen molar-refractivity contribution in [3.8, 4) is 11.1 Å². The van der Waals surface area contributed by atoms with E-state index in [0.717, 1.165) is 25.7 Å². The van der Waals surface area contributed by atoms with E-state index >= 15 is 0 Å². The zero-order chi connectivity index (χ0) is 22.7. The molecule has 6 heteroatoms. The fourth-order valence-electron chi connectivity index (χ4n) is 4.66. The number of alkyl carbamates (subject to hydrolysis) is 2. The lowest BCUT2D eigenvalue weighted by Crippen LogP contribution is -2.45. The molecule has 0 unspecified atom stereocenters. The van der Waals surface area contributed by atoms with Crippen LogP contribution in [-0.4, -0.2) is 36.5 Å². The second-order valence-electron chi connectivity index (χ2n) is 9.66. The molecule has 4 rings (SSSR count). The number of nitrogens with one attached hydrogen (secondary N) is 2. The molecule has 2 aromatic rings. The maximum atomic E-state index is 12.5. The molecule has 0 spiro atoms. The van der Waals surface area contributed by atoms with Gasteiger partial charge in [-0.25, -0.2) is 9.59 Å². The molecule has 2 aliphatic rings. The van der Waals surface area contributed by atoms with E-state index in [1.54, 1.807) is 0 Å². The Morgan fingerprint density at radius 3 is 1.78 bits per heavy atom. The van der Waals surface area contributed by atoms with Crippen molar-refractivity contribution in [3.63, 3.8) is 0 Å². The van der Waals surface area contributed by atoms with E-state index in [0.29, 0.717) is 6.61 Å². The highest BCUT2D eigenvalue weighted by Gasteiger charge is 2.30. The van der Waals surface area contributed by atoms with Crippen LogP contribution < -0.4 is 10.6 Å². The monoisotopic (exact) mass is 436 g/mol. The van der Waals surface area contributed by atoms with Crippen LogP contribution >= 0.6 is 0 Å². The van der Waals surface area contributed by atoms with Crippen LogP contribution in [0.15, 0.2) is 48.5 Å². The van der Waals surface area contributed by atoms with Crippen molar-refractivity contribution in [2.75, 3.05) is 6.61 Å². The normalized spacial score (nSPS) is 20.1. The summed E-state index contributed by atoms with van der Waals surface area (Å²) in [6, 6.07) is 16.7. The Balaban J connectivity index is 1.25. The summed E-state index contributed by atoms with van der Waals surface area (Å²) in [5, 5.41) is 5.92. The number of carbonyl (C=O) groups is 2. The molecule has 0 aliphatic heterocycles. The topological polar surface area (TPSA) is 76.7 Å². The van der Waals surface area contributed by atoms with Gasteiger partial charge in [0.05, 0.1) is 0 Å². The van der Waals surface area contributed by atoms with Crippen LogP contribution in [0.4, 0.5) is 9.59 Å². The molecule has 0 heterocycles. The minimum atomic E-state index is -0.507. The van der Waals surface area contributed by atoms with Gasteiger partial charge in [-0.05, 0) is 68.7 Å². The predicted octanol–water partition coefficient (Wildman–Crippen LogP) is 5.36. The molecule has 2 aromatic carbocycles. The summed E-state index contributed by atoms with van der Waals surface area (Å²) in [7, 11) is 0. The Bertz CT molecular complexity index is 928. The van der Waals surface area contributed by atoms with Gasteiger partial charge in [0.2, 0.25) is 0 Å². The minimum absolute atomic E-state index is 0.0573.